The summed E-state index contributed by atoms with van der Waals surface area (Å²) in [5, 5.41) is 7.24. The average molecular weight is 357 g/mol. The third kappa shape index (κ3) is 6.75. The van der Waals surface area contributed by atoms with Gasteiger partial charge in [0.2, 0.25) is 0 Å². The first-order valence-electron chi connectivity index (χ1n) is 8.82. The van der Waals surface area contributed by atoms with E-state index in [1.165, 1.54) is 16.7 Å². The molecule has 0 unspecified atom stereocenters. The van der Waals surface area contributed by atoms with E-state index >= 15 is 0 Å². The lowest BCUT2D eigenvalue weighted by molar-refractivity contribution is 0.242. The van der Waals surface area contributed by atoms with Crippen LogP contribution in [0.25, 0.3) is 0 Å². The van der Waals surface area contributed by atoms with Crippen LogP contribution in [0.5, 0.6) is 5.75 Å². The van der Waals surface area contributed by atoms with Crippen LogP contribution in [0, 0.1) is 13.8 Å². The fourth-order valence-corrected chi connectivity index (χ4v) is 2.75. The number of ether oxygens (including phenoxy) is 1. The minimum atomic E-state index is 0.209. The summed E-state index contributed by atoms with van der Waals surface area (Å²) in [7, 11) is 0. The van der Waals surface area contributed by atoms with Crippen LogP contribution in [0.1, 0.15) is 37.0 Å². The van der Waals surface area contributed by atoms with Crippen molar-refractivity contribution in [3.8, 4) is 5.75 Å². The molecule has 2 aromatic carbocycles. The summed E-state index contributed by atoms with van der Waals surface area (Å²) in [5.74, 6) is 0.927. The fraction of sp³-hybridized carbons (Fsp3) is 0.381. The Hall–Kier alpha value is -2.07. The van der Waals surface area contributed by atoms with E-state index in [0.717, 1.165) is 30.8 Å². The molecule has 0 bridgehead atoms. The van der Waals surface area contributed by atoms with Gasteiger partial charge in [-0.05, 0) is 87.6 Å². The molecule has 0 fully saturated rings. The zero-order valence-corrected chi connectivity index (χ0v) is 16.4. The summed E-state index contributed by atoms with van der Waals surface area (Å²) in [6.07, 6.45) is 2.25. The highest BCUT2D eigenvalue weighted by atomic mass is 32.1. The van der Waals surface area contributed by atoms with E-state index in [9.17, 15) is 0 Å². The highest BCUT2D eigenvalue weighted by Gasteiger charge is 2.02. The molecule has 0 atom stereocenters. The molecule has 0 radical (unpaired) electrons. The van der Waals surface area contributed by atoms with Gasteiger partial charge in [-0.1, -0.05) is 24.3 Å². The second-order valence-corrected chi connectivity index (χ2v) is 7.02. The van der Waals surface area contributed by atoms with Crippen molar-refractivity contribution in [2.24, 2.45) is 0 Å². The second-order valence-electron chi connectivity index (χ2n) is 6.61. The van der Waals surface area contributed by atoms with Crippen molar-refractivity contribution in [3.63, 3.8) is 0 Å². The lowest BCUT2D eigenvalue weighted by Crippen LogP contribution is -2.29. The van der Waals surface area contributed by atoms with Crippen LogP contribution < -0.4 is 15.4 Å². The van der Waals surface area contributed by atoms with E-state index in [-0.39, 0.29) is 6.10 Å². The van der Waals surface area contributed by atoms with Crippen LogP contribution in [-0.2, 0) is 6.42 Å². The first-order valence-corrected chi connectivity index (χ1v) is 9.22. The van der Waals surface area contributed by atoms with E-state index in [2.05, 4.69) is 54.8 Å². The van der Waals surface area contributed by atoms with Crippen molar-refractivity contribution in [2.75, 3.05) is 11.9 Å². The molecule has 0 saturated heterocycles. The van der Waals surface area contributed by atoms with Gasteiger partial charge in [0.05, 0.1) is 6.10 Å². The van der Waals surface area contributed by atoms with Crippen molar-refractivity contribution in [2.45, 2.75) is 46.6 Å². The molecule has 0 saturated carbocycles. The van der Waals surface area contributed by atoms with Crippen molar-refractivity contribution < 1.29 is 4.74 Å². The molecule has 0 aromatic heterocycles. The Bertz CT molecular complexity index is 696. The predicted molar refractivity (Wildman–Crippen MR) is 111 cm³/mol. The summed E-state index contributed by atoms with van der Waals surface area (Å²) >= 11 is 5.39. The molecule has 0 aliphatic carbocycles. The number of thiocarbonyl (C=S) groups is 1. The van der Waals surface area contributed by atoms with Crippen molar-refractivity contribution >= 4 is 23.0 Å². The number of anilines is 1. The van der Waals surface area contributed by atoms with Gasteiger partial charge in [-0.25, -0.2) is 0 Å². The van der Waals surface area contributed by atoms with E-state index in [0.29, 0.717) is 5.11 Å². The Morgan fingerprint density at radius 2 is 1.80 bits per heavy atom. The van der Waals surface area contributed by atoms with E-state index in [4.69, 9.17) is 17.0 Å². The zero-order valence-electron chi connectivity index (χ0n) is 15.6. The van der Waals surface area contributed by atoms with Crippen LogP contribution in [0.15, 0.2) is 42.5 Å². The van der Waals surface area contributed by atoms with Crippen LogP contribution in [0.3, 0.4) is 0 Å². The van der Waals surface area contributed by atoms with Crippen molar-refractivity contribution in [1.29, 1.82) is 0 Å². The summed E-state index contributed by atoms with van der Waals surface area (Å²) in [6, 6.07) is 14.7. The monoisotopic (exact) mass is 356 g/mol. The molecular weight excluding hydrogens is 328 g/mol. The van der Waals surface area contributed by atoms with Gasteiger partial charge in [0.25, 0.3) is 0 Å². The lowest BCUT2D eigenvalue weighted by atomic mass is 10.1. The van der Waals surface area contributed by atoms with Crippen LogP contribution in [0.2, 0.25) is 0 Å². The summed E-state index contributed by atoms with van der Waals surface area (Å²) in [6.45, 7) is 9.08. The minimum Gasteiger partial charge on any atom is -0.491 e. The van der Waals surface area contributed by atoms with Crippen molar-refractivity contribution in [3.05, 3.63) is 59.2 Å². The quantitative estimate of drug-likeness (QED) is 0.540. The van der Waals surface area contributed by atoms with Gasteiger partial charge in [0, 0.05) is 12.2 Å². The first kappa shape index (κ1) is 19.3. The van der Waals surface area contributed by atoms with Crippen LogP contribution in [0.4, 0.5) is 5.69 Å². The van der Waals surface area contributed by atoms with Crippen molar-refractivity contribution in [1.82, 2.24) is 5.32 Å². The third-order valence-corrected chi connectivity index (χ3v) is 4.11. The van der Waals surface area contributed by atoms with Crippen LogP contribution >= 0.6 is 12.2 Å². The molecule has 0 spiro atoms. The van der Waals surface area contributed by atoms with E-state index in [1.54, 1.807) is 0 Å². The average Bonchev–Trinajstić information content (AvgIpc) is 2.56. The molecule has 25 heavy (non-hydrogen) atoms. The maximum Gasteiger partial charge on any atom is 0.170 e. The summed E-state index contributed by atoms with van der Waals surface area (Å²) in [4.78, 5) is 0. The minimum absolute atomic E-state index is 0.209. The molecule has 134 valence electrons. The largest absolute Gasteiger partial charge is 0.491 e. The lowest BCUT2D eigenvalue weighted by Gasteiger charge is -2.13. The van der Waals surface area contributed by atoms with Gasteiger partial charge in [-0.2, -0.15) is 0 Å². The molecule has 2 N–H and O–H groups in total. The molecule has 0 amide bonds. The number of benzene rings is 2. The first-order chi connectivity index (χ1) is 11.9. The fourth-order valence-electron chi connectivity index (χ4n) is 2.54. The number of nitrogens with one attached hydrogen (secondary N) is 2. The topological polar surface area (TPSA) is 33.3 Å². The molecule has 0 aliphatic rings. The summed E-state index contributed by atoms with van der Waals surface area (Å²) < 4.78 is 5.66. The Labute approximate surface area is 156 Å². The molecule has 4 heteroatoms. The van der Waals surface area contributed by atoms with Gasteiger partial charge in [0.1, 0.15) is 5.75 Å². The molecular formula is C21H28N2OS. The van der Waals surface area contributed by atoms with E-state index in [1.807, 2.05) is 26.0 Å². The summed E-state index contributed by atoms with van der Waals surface area (Å²) in [5.41, 5.74) is 4.80. The van der Waals surface area contributed by atoms with Crippen LogP contribution in [-0.4, -0.2) is 17.8 Å². The molecule has 2 rings (SSSR count). The maximum atomic E-state index is 5.66. The predicted octanol–water partition coefficient (Wildman–Crippen LogP) is 5.01. The van der Waals surface area contributed by atoms with Gasteiger partial charge in [-0.15, -0.1) is 0 Å². The molecule has 2 aromatic rings. The standard InChI is InChI=1S/C21H28N2OS/c1-15(2)24-19-11-9-18(10-12-19)6-5-13-22-21(25)23-20-14-16(3)7-8-17(20)4/h7-12,14-15H,5-6,13H2,1-4H3,(H2,22,23,25). The molecule has 0 heterocycles. The Kier molecular flexibility index (Phi) is 7.26. The van der Waals surface area contributed by atoms with E-state index < -0.39 is 0 Å². The SMILES string of the molecule is Cc1ccc(C)c(NC(=S)NCCCc2ccc(OC(C)C)cc2)c1. The van der Waals surface area contributed by atoms with Gasteiger partial charge in [0.15, 0.2) is 5.11 Å². The highest BCUT2D eigenvalue weighted by Crippen LogP contribution is 2.16. The second kappa shape index (κ2) is 9.42. The smallest absolute Gasteiger partial charge is 0.170 e. The maximum absolute atomic E-state index is 5.66. The normalized spacial score (nSPS) is 10.6. The number of hydrogen-bond acceptors (Lipinski definition) is 2. The van der Waals surface area contributed by atoms with Gasteiger partial charge >= 0.3 is 0 Å². The Balaban J connectivity index is 1.71. The zero-order chi connectivity index (χ0) is 18.2. The number of hydrogen-bond donors (Lipinski definition) is 2. The number of aryl methyl sites for hydroxylation is 3. The Morgan fingerprint density at radius 1 is 1.08 bits per heavy atom. The molecule has 0 aliphatic heterocycles. The number of rotatable bonds is 7. The third-order valence-electron chi connectivity index (χ3n) is 3.86. The highest BCUT2D eigenvalue weighted by molar-refractivity contribution is 7.80. The van der Waals surface area contributed by atoms with Gasteiger partial charge < -0.3 is 15.4 Å². The molecule has 3 nitrogen and oxygen atoms in total. The van der Waals surface area contributed by atoms with Gasteiger partial charge in [-0.3, -0.25) is 0 Å². The Morgan fingerprint density at radius 3 is 2.48 bits per heavy atom.